The van der Waals surface area contributed by atoms with Crippen LogP contribution in [0.5, 0.6) is 11.5 Å². The molecule has 0 spiro atoms. The van der Waals surface area contributed by atoms with E-state index in [0.29, 0.717) is 32.2 Å². The smallest absolute Gasteiger partial charge is 0.312 e. The van der Waals surface area contributed by atoms with Crippen LogP contribution in [0.15, 0.2) is 66.7 Å². The number of esters is 1. The second-order valence-corrected chi connectivity index (χ2v) is 15.0. The number of carbonyl (C=O) groups is 3. The van der Waals surface area contributed by atoms with Crippen LogP contribution in [0.25, 0.3) is 10.8 Å². The monoisotopic (exact) mass is 698 g/mol. The topological polar surface area (TPSA) is 112 Å². The Labute approximate surface area is 298 Å². The van der Waals surface area contributed by atoms with Crippen LogP contribution in [-0.4, -0.2) is 56.3 Å². The van der Waals surface area contributed by atoms with Crippen LogP contribution < -0.4 is 20.1 Å². The molecule has 0 saturated heterocycles. The van der Waals surface area contributed by atoms with Crippen LogP contribution in [-0.2, 0) is 25.7 Å². The molecule has 0 heterocycles. The maximum Gasteiger partial charge on any atom is 0.312 e. The summed E-state index contributed by atoms with van der Waals surface area (Å²) in [4.78, 5) is 40.6. The molecular weight excluding hydrogens is 651 g/mol. The molecule has 0 aromatic heterocycles. The van der Waals surface area contributed by atoms with Crippen molar-refractivity contribution in [3.63, 3.8) is 0 Å². The molecule has 7 rings (SSSR count). The number of methoxy groups -OCH3 is 2. The number of nitrogens with one attached hydrogen (secondary N) is 2. The second kappa shape index (κ2) is 14.3. The minimum Gasteiger partial charge on any atom is -0.496 e. The van der Waals surface area contributed by atoms with Gasteiger partial charge in [0.15, 0.2) is 11.6 Å². The van der Waals surface area contributed by atoms with E-state index in [9.17, 15) is 14.4 Å². The standard InChI is InChI=1S/C41H47FN2O7/c1-40(39(47)50-23-28-10-6-9-25-8-4-5-11-30(25)28)18-14-29(15-19-40)51-34-21-31(33(48-2)22-32(34)42)37(45)44-36-27-13-12-26(20-27)35(36)38(46)43-24-41(49-3)16-7-17-41/h4-6,8-13,21-22,26-27,29,35-36H,7,14-20,23-24H2,1-3H3,(H,43,46)(H,44,45)/t26-,27+,29-,35+,36-,40+/m1/s1. The van der Waals surface area contributed by atoms with Crippen LogP contribution in [0.4, 0.5) is 4.39 Å². The van der Waals surface area contributed by atoms with Crippen molar-refractivity contribution in [1.29, 1.82) is 0 Å². The molecule has 2 N–H and O–H groups in total. The largest absolute Gasteiger partial charge is 0.496 e. The molecule has 3 aromatic rings. The maximum atomic E-state index is 15.3. The zero-order valence-electron chi connectivity index (χ0n) is 29.5. The van der Waals surface area contributed by atoms with Crippen molar-refractivity contribution in [2.75, 3.05) is 20.8 Å². The predicted octanol–water partition coefficient (Wildman–Crippen LogP) is 6.66. The molecule has 3 saturated carbocycles. The number of hydrogen-bond acceptors (Lipinski definition) is 7. The number of rotatable bonds is 12. The molecule has 4 aliphatic carbocycles. The van der Waals surface area contributed by atoms with Crippen molar-refractivity contribution < 1.29 is 37.7 Å². The third-order valence-corrected chi connectivity index (χ3v) is 11.9. The Morgan fingerprint density at radius 1 is 0.922 bits per heavy atom. The summed E-state index contributed by atoms with van der Waals surface area (Å²) in [5, 5.41) is 8.33. The van der Waals surface area contributed by atoms with E-state index in [1.807, 2.05) is 49.4 Å². The van der Waals surface area contributed by atoms with Gasteiger partial charge in [-0.25, -0.2) is 4.39 Å². The Balaban J connectivity index is 0.976. The normalized spacial score (nSPS) is 27.4. The molecule has 0 unspecified atom stereocenters. The van der Waals surface area contributed by atoms with Gasteiger partial charge in [-0.15, -0.1) is 0 Å². The molecule has 0 aliphatic heterocycles. The number of ether oxygens (including phenoxy) is 4. The minimum atomic E-state index is -0.687. The van der Waals surface area contributed by atoms with Crippen molar-refractivity contribution in [3.8, 4) is 11.5 Å². The number of amides is 2. The van der Waals surface area contributed by atoms with Gasteiger partial charge in [-0.05, 0) is 92.5 Å². The van der Waals surface area contributed by atoms with Crippen LogP contribution in [0, 0.1) is 29.0 Å². The van der Waals surface area contributed by atoms with E-state index < -0.39 is 29.1 Å². The average Bonchev–Trinajstić information content (AvgIpc) is 3.74. The lowest BCUT2D eigenvalue weighted by molar-refractivity contribution is -0.159. The molecular formula is C41H47FN2O7. The molecule has 51 heavy (non-hydrogen) atoms. The highest BCUT2D eigenvalue weighted by molar-refractivity contribution is 5.98. The zero-order chi connectivity index (χ0) is 35.8. The fourth-order valence-electron chi connectivity index (χ4n) is 8.43. The summed E-state index contributed by atoms with van der Waals surface area (Å²) in [6.45, 7) is 2.54. The summed E-state index contributed by atoms with van der Waals surface area (Å²) in [6.07, 6.45) is 9.54. The molecule has 9 nitrogen and oxygen atoms in total. The first kappa shape index (κ1) is 35.0. The highest BCUT2D eigenvalue weighted by atomic mass is 19.1. The maximum absolute atomic E-state index is 15.3. The van der Waals surface area contributed by atoms with Crippen molar-refractivity contribution >= 4 is 28.6 Å². The SMILES string of the molecule is COc1cc(F)c(O[C@H]2CC[C@@](C)(C(=O)OCc3cccc4ccccc34)CC2)cc1C(=O)N[C@H]1[C@@H](C(=O)NCC2(OC)CCC2)[C@@H]2C=C[C@H]1C2. The third kappa shape index (κ3) is 6.95. The van der Waals surface area contributed by atoms with Gasteiger partial charge in [0.1, 0.15) is 12.4 Å². The molecule has 0 radical (unpaired) electrons. The zero-order valence-corrected chi connectivity index (χ0v) is 29.5. The Kier molecular flexibility index (Phi) is 9.80. The van der Waals surface area contributed by atoms with Gasteiger partial charge in [0, 0.05) is 25.8 Å². The first-order chi connectivity index (χ1) is 24.6. The summed E-state index contributed by atoms with van der Waals surface area (Å²) in [5.74, 6) is -1.81. The van der Waals surface area contributed by atoms with Gasteiger partial charge in [-0.1, -0.05) is 54.6 Å². The van der Waals surface area contributed by atoms with E-state index in [2.05, 4.69) is 22.8 Å². The van der Waals surface area contributed by atoms with Gasteiger partial charge in [0.05, 0.1) is 35.7 Å². The Hall–Kier alpha value is -4.44. The number of carbonyl (C=O) groups excluding carboxylic acids is 3. The number of benzene rings is 3. The highest BCUT2D eigenvalue weighted by Crippen LogP contribution is 2.45. The molecule has 270 valence electrons. The van der Waals surface area contributed by atoms with E-state index in [1.54, 1.807) is 7.11 Å². The van der Waals surface area contributed by atoms with E-state index in [1.165, 1.54) is 13.2 Å². The summed E-state index contributed by atoms with van der Waals surface area (Å²) in [5.41, 5.74) is 0.0910. The molecule has 3 fully saturated rings. The molecule has 10 heteroatoms. The molecule has 2 amide bonds. The fourth-order valence-corrected chi connectivity index (χ4v) is 8.43. The number of fused-ring (bicyclic) bond motifs is 3. The van der Waals surface area contributed by atoms with Crippen molar-refractivity contribution in [2.45, 2.75) is 82.6 Å². The van der Waals surface area contributed by atoms with Crippen molar-refractivity contribution in [3.05, 3.63) is 83.7 Å². The first-order valence-electron chi connectivity index (χ1n) is 18.1. The van der Waals surface area contributed by atoms with E-state index >= 15 is 4.39 Å². The number of allylic oxidation sites excluding steroid dienone is 1. The molecule has 4 aliphatic rings. The van der Waals surface area contributed by atoms with Gasteiger partial charge >= 0.3 is 5.97 Å². The number of halogens is 1. The summed E-state index contributed by atoms with van der Waals surface area (Å²) in [6, 6.07) is 16.1. The van der Waals surface area contributed by atoms with E-state index in [0.717, 1.165) is 48.1 Å². The third-order valence-electron chi connectivity index (χ3n) is 11.9. The lowest BCUT2D eigenvalue weighted by Crippen LogP contribution is -2.54. The Bertz CT molecular complexity index is 1820. The average molecular weight is 699 g/mol. The van der Waals surface area contributed by atoms with Gasteiger partial charge in [0.2, 0.25) is 5.91 Å². The van der Waals surface area contributed by atoms with Crippen LogP contribution in [0.3, 0.4) is 0 Å². The van der Waals surface area contributed by atoms with Gasteiger partial charge in [0.25, 0.3) is 5.91 Å². The lowest BCUT2D eigenvalue weighted by Gasteiger charge is -2.41. The van der Waals surface area contributed by atoms with Gasteiger partial charge < -0.3 is 29.6 Å². The first-order valence-corrected chi connectivity index (χ1v) is 18.1. The summed E-state index contributed by atoms with van der Waals surface area (Å²) < 4.78 is 38.4. The summed E-state index contributed by atoms with van der Waals surface area (Å²) in [7, 11) is 3.06. The molecule has 4 atom stereocenters. The highest BCUT2D eigenvalue weighted by Gasteiger charge is 2.50. The van der Waals surface area contributed by atoms with E-state index in [-0.39, 0.29) is 59.1 Å². The van der Waals surface area contributed by atoms with Crippen LogP contribution >= 0.6 is 0 Å². The quantitative estimate of drug-likeness (QED) is 0.161. The fraction of sp³-hybridized carbons (Fsp3) is 0.488. The molecule has 3 aromatic carbocycles. The Morgan fingerprint density at radius 2 is 1.67 bits per heavy atom. The van der Waals surface area contributed by atoms with Crippen molar-refractivity contribution in [2.24, 2.45) is 23.2 Å². The van der Waals surface area contributed by atoms with Gasteiger partial charge in [-0.2, -0.15) is 0 Å². The van der Waals surface area contributed by atoms with E-state index in [4.69, 9.17) is 18.9 Å². The van der Waals surface area contributed by atoms with Crippen LogP contribution in [0.1, 0.15) is 74.2 Å². The predicted molar refractivity (Wildman–Crippen MR) is 190 cm³/mol. The minimum absolute atomic E-state index is 0.0206. The molecule has 2 bridgehead atoms. The second-order valence-electron chi connectivity index (χ2n) is 15.0. The van der Waals surface area contributed by atoms with Gasteiger partial charge in [-0.3, -0.25) is 14.4 Å². The van der Waals surface area contributed by atoms with Crippen molar-refractivity contribution in [1.82, 2.24) is 10.6 Å². The Morgan fingerprint density at radius 3 is 2.39 bits per heavy atom. The van der Waals surface area contributed by atoms with Crippen LogP contribution in [0.2, 0.25) is 0 Å². The number of hydrogen-bond donors (Lipinski definition) is 2. The summed E-state index contributed by atoms with van der Waals surface area (Å²) >= 11 is 0. The lowest BCUT2D eigenvalue weighted by atomic mass is 9.74.